The lowest BCUT2D eigenvalue weighted by atomic mass is 9.93. The Balaban J connectivity index is 2.02. The minimum Gasteiger partial charge on any atom is -0.465 e. The van der Waals surface area contributed by atoms with E-state index in [9.17, 15) is 14.4 Å². The van der Waals surface area contributed by atoms with Gasteiger partial charge in [-0.3, -0.25) is 4.79 Å². The zero-order valence-electron chi connectivity index (χ0n) is 14.9. The van der Waals surface area contributed by atoms with Gasteiger partial charge in [-0.05, 0) is 36.7 Å². The van der Waals surface area contributed by atoms with Crippen LogP contribution in [0.1, 0.15) is 28.0 Å². The molecule has 0 amide bonds. The lowest BCUT2D eigenvalue weighted by Crippen LogP contribution is -2.40. The Hall–Kier alpha value is -3.72. The Labute approximate surface area is 158 Å². The number of carbonyl (C=O) groups excluding carboxylic acids is 3. The molecule has 2 aromatic heterocycles. The second-order valence-electron chi connectivity index (χ2n) is 5.76. The van der Waals surface area contributed by atoms with Crippen LogP contribution in [0.5, 0.6) is 0 Å². The van der Waals surface area contributed by atoms with Gasteiger partial charge in [0.25, 0.3) is 0 Å². The summed E-state index contributed by atoms with van der Waals surface area (Å²) in [6, 6.07) is 5.81. The SMILES string of the molecule is CC(COC(=O)c1ccco1)(COC(=O)c1ccco1)C(=O)OCCN=[N+]=[N-]. The number of nitrogens with zero attached hydrogens (tertiary/aromatic N) is 3. The van der Waals surface area contributed by atoms with Crippen LogP contribution in [0.2, 0.25) is 0 Å². The maximum atomic E-state index is 12.4. The van der Waals surface area contributed by atoms with E-state index in [1.807, 2.05) is 0 Å². The fourth-order valence-electron chi connectivity index (χ4n) is 1.94. The van der Waals surface area contributed by atoms with Gasteiger partial charge in [-0.15, -0.1) is 0 Å². The van der Waals surface area contributed by atoms with Gasteiger partial charge in [0, 0.05) is 4.91 Å². The summed E-state index contributed by atoms with van der Waals surface area (Å²) < 4.78 is 25.1. The molecule has 0 N–H and O–H groups in total. The van der Waals surface area contributed by atoms with Crippen LogP contribution in [-0.4, -0.2) is 44.3 Å². The molecule has 11 heteroatoms. The Morgan fingerprint density at radius 3 is 2.00 bits per heavy atom. The lowest BCUT2D eigenvalue weighted by Gasteiger charge is -2.26. The predicted octanol–water partition coefficient (Wildman–Crippen LogP) is 2.75. The minimum atomic E-state index is -1.51. The van der Waals surface area contributed by atoms with E-state index in [0.29, 0.717) is 0 Å². The van der Waals surface area contributed by atoms with E-state index in [1.54, 1.807) is 0 Å². The lowest BCUT2D eigenvalue weighted by molar-refractivity contribution is -0.160. The summed E-state index contributed by atoms with van der Waals surface area (Å²) >= 11 is 0. The first kappa shape index (κ1) is 20.6. The number of esters is 3. The molecule has 0 atom stereocenters. The summed E-state index contributed by atoms with van der Waals surface area (Å²) in [6.07, 6.45) is 2.59. The van der Waals surface area contributed by atoms with Crippen molar-refractivity contribution in [3.63, 3.8) is 0 Å². The van der Waals surface area contributed by atoms with Crippen LogP contribution in [0.3, 0.4) is 0 Å². The fourth-order valence-corrected chi connectivity index (χ4v) is 1.94. The minimum absolute atomic E-state index is 0.0494. The molecule has 0 saturated carbocycles. The molecule has 0 aliphatic carbocycles. The van der Waals surface area contributed by atoms with E-state index in [4.69, 9.17) is 28.6 Å². The third-order valence-electron chi connectivity index (χ3n) is 3.47. The Morgan fingerprint density at radius 2 is 1.57 bits per heavy atom. The van der Waals surface area contributed by atoms with Crippen LogP contribution in [0.4, 0.5) is 0 Å². The molecule has 0 bridgehead atoms. The quantitative estimate of drug-likeness (QED) is 0.149. The summed E-state index contributed by atoms with van der Waals surface area (Å²) in [6.45, 7) is 0.248. The molecular weight excluding hydrogens is 374 g/mol. The van der Waals surface area contributed by atoms with Crippen molar-refractivity contribution in [3.8, 4) is 0 Å². The molecule has 0 aliphatic heterocycles. The highest BCUT2D eigenvalue weighted by molar-refractivity contribution is 5.87. The first-order chi connectivity index (χ1) is 13.5. The molecule has 0 spiro atoms. The molecule has 0 aromatic carbocycles. The van der Waals surface area contributed by atoms with Gasteiger partial charge in [0.2, 0.25) is 11.5 Å². The van der Waals surface area contributed by atoms with Gasteiger partial charge in [0.15, 0.2) is 0 Å². The molecule has 2 rings (SSSR count). The average Bonchev–Trinajstić information content (AvgIpc) is 3.41. The highest BCUT2D eigenvalue weighted by Crippen LogP contribution is 2.22. The molecule has 0 unspecified atom stereocenters. The summed E-state index contributed by atoms with van der Waals surface area (Å²) in [7, 11) is 0. The summed E-state index contributed by atoms with van der Waals surface area (Å²) in [5.74, 6) is -2.50. The number of azide groups is 1. The van der Waals surface area contributed by atoms with Crippen LogP contribution >= 0.6 is 0 Å². The van der Waals surface area contributed by atoms with Crippen molar-refractivity contribution in [1.82, 2.24) is 0 Å². The van der Waals surface area contributed by atoms with Gasteiger partial charge in [0.05, 0.1) is 25.7 Å². The highest BCUT2D eigenvalue weighted by Gasteiger charge is 2.39. The second kappa shape index (κ2) is 9.83. The standard InChI is InChI=1S/C17H17N3O8/c1-17(16(23)26-9-6-19-20-18,10-27-14(21)12-4-2-7-24-12)11-28-15(22)13-5-3-8-25-13/h2-5,7-8H,6,9-11H2,1H3. The molecule has 0 radical (unpaired) electrons. The highest BCUT2D eigenvalue weighted by atomic mass is 16.6. The van der Waals surface area contributed by atoms with Crippen molar-refractivity contribution in [2.24, 2.45) is 10.5 Å². The fraction of sp³-hybridized carbons (Fsp3) is 0.353. The molecule has 0 aliphatic rings. The molecule has 148 valence electrons. The zero-order valence-corrected chi connectivity index (χ0v) is 14.9. The van der Waals surface area contributed by atoms with Crippen molar-refractivity contribution in [2.75, 3.05) is 26.4 Å². The Morgan fingerprint density at radius 1 is 1.04 bits per heavy atom. The van der Waals surface area contributed by atoms with Gasteiger partial charge < -0.3 is 23.0 Å². The van der Waals surface area contributed by atoms with Crippen LogP contribution < -0.4 is 0 Å². The predicted molar refractivity (Wildman–Crippen MR) is 91.1 cm³/mol. The monoisotopic (exact) mass is 391 g/mol. The number of carbonyl (C=O) groups is 3. The van der Waals surface area contributed by atoms with Gasteiger partial charge in [-0.2, -0.15) is 0 Å². The average molecular weight is 391 g/mol. The molecule has 0 fully saturated rings. The van der Waals surface area contributed by atoms with E-state index in [2.05, 4.69) is 10.0 Å². The smallest absolute Gasteiger partial charge is 0.374 e. The number of ether oxygens (including phenoxy) is 3. The van der Waals surface area contributed by atoms with Crippen LogP contribution in [0.15, 0.2) is 50.7 Å². The summed E-state index contributed by atoms with van der Waals surface area (Å²) in [5, 5.41) is 3.25. The van der Waals surface area contributed by atoms with Gasteiger partial charge in [0.1, 0.15) is 18.6 Å². The normalized spacial score (nSPS) is 10.6. The third-order valence-corrected chi connectivity index (χ3v) is 3.47. The van der Waals surface area contributed by atoms with Crippen molar-refractivity contribution < 1.29 is 37.4 Å². The molecule has 28 heavy (non-hydrogen) atoms. The van der Waals surface area contributed by atoms with Crippen molar-refractivity contribution >= 4 is 17.9 Å². The number of hydrogen-bond acceptors (Lipinski definition) is 9. The van der Waals surface area contributed by atoms with Gasteiger partial charge in [-0.25, -0.2) is 9.59 Å². The van der Waals surface area contributed by atoms with Gasteiger partial charge >= 0.3 is 17.9 Å². The maximum absolute atomic E-state index is 12.4. The summed E-state index contributed by atoms with van der Waals surface area (Å²) in [5.41, 5.74) is 6.73. The van der Waals surface area contributed by atoms with E-state index >= 15 is 0 Å². The van der Waals surface area contributed by atoms with E-state index in [-0.39, 0.29) is 24.7 Å². The van der Waals surface area contributed by atoms with Gasteiger partial charge in [-0.1, -0.05) is 5.11 Å². The molecule has 2 aromatic rings. The number of furan rings is 2. The molecule has 0 saturated heterocycles. The van der Waals surface area contributed by atoms with Crippen LogP contribution in [0, 0.1) is 5.41 Å². The van der Waals surface area contributed by atoms with E-state index in [0.717, 1.165) is 0 Å². The largest absolute Gasteiger partial charge is 0.465 e. The zero-order chi connectivity index (χ0) is 20.4. The third kappa shape index (κ3) is 5.64. The number of rotatable bonds is 10. The summed E-state index contributed by atoms with van der Waals surface area (Å²) in [4.78, 5) is 38.9. The van der Waals surface area contributed by atoms with Crippen molar-refractivity contribution in [3.05, 3.63) is 58.8 Å². The maximum Gasteiger partial charge on any atom is 0.374 e. The second-order valence-corrected chi connectivity index (χ2v) is 5.76. The van der Waals surface area contributed by atoms with Crippen molar-refractivity contribution in [2.45, 2.75) is 6.92 Å². The first-order valence-corrected chi connectivity index (χ1v) is 8.05. The molecule has 2 heterocycles. The Kier molecular flexibility index (Phi) is 7.23. The Bertz CT molecular complexity index is 788. The topological polar surface area (TPSA) is 154 Å². The van der Waals surface area contributed by atoms with Crippen LogP contribution in [-0.2, 0) is 19.0 Å². The van der Waals surface area contributed by atoms with Crippen LogP contribution in [0.25, 0.3) is 10.4 Å². The van der Waals surface area contributed by atoms with E-state index in [1.165, 1.54) is 43.7 Å². The van der Waals surface area contributed by atoms with Crippen molar-refractivity contribution in [1.29, 1.82) is 0 Å². The first-order valence-electron chi connectivity index (χ1n) is 8.05. The number of hydrogen-bond donors (Lipinski definition) is 0. The van der Waals surface area contributed by atoms with E-state index < -0.39 is 36.5 Å². The molecule has 11 nitrogen and oxygen atoms in total. The molecular formula is C17H17N3O8.